The van der Waals surface area contributed by atoms with E-state index in [2.05, 4.69) is 22.6 Å². The predicted octanol–water partition coefficient (Wildman–Crippen LogP) is 3.31. The Morgan fingerprint density at radius 3 is 2.87 bits per heavy atom. The molecule has 0 radical (unpaired) electrons. The highest BCUT2D eigenvalue weighted by molar-refractivity contribution is 14.1. The predicted molar refractivity (Wildman–Crippen MR) is 67.3 cm³/mol. The molecule has 1 unspecified atom stereocenters. The minimum atomic E-state index is -0.456. The summed E-state index contributed by atoms with van der Waals surface area (Å²) in [4.78, 5) is 11.2. The quantitative estimate of drug-likeness (QED) is 0.470. The van der Waals surface area contributed by atoms with Gasteiger partial charge in [-0.2, -0.15) is 0 Å². The monoisotopic (exact) mass is 336 g/mol. The van der Waals surface area contributed by atoms with Crippen LogP contribution in [0.25, 0.3) is 0 Å². The van der Waals surface area contributed by atoms with Gasteiger partial charge in [0.15, 0.2) is 0 Å². The van der Waals surface area contributed by atoms with E-state index in [1.54, 1.807) is 0 Å². The first-order valence-corrected chi connectivity index (χ1v) is 6.60. The highest BCUT2D eigenvalue weighted by Crippen LogP contribution is 2.39. The highest BCUT2D eigenvalue weighted by Gasteiger charge is 2.41. The molecule has 0 amide bonds. The van der Waals surface area contributed by atoms with Crippen molar-refractivity contribution >= 4 is 40.2 Å². The van der Waals surface area contributed by atoms with E-state index in [-0.39, 0.29) is 5.97 Å². The van der Waals surface area contributed by atoms with Crippen molar-refractivity contribution in [2.24, 2.45) is 0 Å². The van der Waals surface area contributed by atoms with Gasteiger partial charge in [0.05, 0.1) is 0 Å². The molecule has 1 aliphatic heterocycles. The minimum Gasteiger partial charge on any atom is -0.453 e. The number of hydrogen-bond acceptors (Lipinski definition) is 2. The molecule has 1 saturated heterocycles. The third kappa shape index (κ3) is 2.13. The maximum absolute atomic E-state index is 11.2. The second kappa shape index (κ2) is 4.29. The van der Waals surface area contributed by atoms with Crippen molar-refractivity contribution in [1.29, 1.82) is 0 Å². The van der Waals surface area contributed by atoms with Crippen LogP contribution < -0.4 is 0 Å². The summed E-state index contributed by atoms with van der Waals surface area (Å²) in [7, 11) is 0. The summed E-state index contributed by atoms with van der Waals surface area (Å²) in [5, 5.41) is 0.680. The molecule has 1 atom stereocenters. The number of ether oxygens (including phenoxy) is 1. The van der Waals surface area contributed by atoms with Gasteiger partial charge < -0.3 is 4.74 Å². The summed E-state index contributed by atoms with van der Waals surface area (Å²) in [5.74, 6) is -0.119. The molecule has 80 valence electrons. The third-order valence-corrected chi connectivity index (χ3v) is 4.08. The van der Waals surface area contributed by atoms with Crippen LogP contribution in [0.5, 0.6) is 0 Å². The van der Waals surface area contributed by atoms with Crippen molar-refractivity contribution in [2.45, 2.75) is 18.4 Å². The lowest BCUT2D eigenvalue weighted by molar-refractivity contribution is -0.147. The number of carbonyl (C=O) groups excluding carboxylic acids is 1. The van der Waals surface area contributed by atoms with E-state index in [1.807, 2.05) is 24.3 Å². The Morgan fingerprint density at radius 1 is 1.53 bits per heavy atom. The SMILES string of the molecule is O=C1CCC(CI)(c2cccc(Cl)c2)O1. The minimum absolute atomic E-state index is 0.119. The molecular weight excluding hydrogens is 326 g/mol. The molecule has 0 N–H and O–H groups in total. The van der Waals surface area contributed by atoms with Crippen molar-refractivity contribution < 1.29 is 9.53 Å². The Labute approximate surface area is 107 Å². The molecule has 2 rings (SSSR count). The van der Waals surface area contributed by atoms with Crippen LogP contribution >= 0.6 is 34.2 Å². The van der Waals surface area contributed by atoms with Gasteiger partial charge in [0.1, 0.15) is 5.60 Å². The number of cyclic esters (lactones) is 1. The number of alkyl halides is 1. The lowest BCUT2D eigenvalue weighted by Gasteiger charge is -2.25. The van der Waals surface area contributed by atoms with Gasteiger partial charge in [-0.25, -0.2) is 0 Å². The molecular formula is C11H10ClIO2. The number of rotatable bonds is 2. The first kappa shape index (κ1) is 11.2. The molecule has 2 nitrogen and oxygen atoms in total. The third-order valence-electron chi connectivity index (χ3n) is 2.61. The van der Waals surface area contributed by atoms with Gasteiger partial charge in [-0.1, -0.05) is 46.3 Å². The molecule has 0 saturated carbocycles. The normalized spacial score (nSPS) is 25.3. The standard InChI is InChI=1S/C11H10ClIO2/c12-9-3-1-2-8(6-9)11(7-13)5-4-10(14)15-11/h1-3,6H,4-5,7H2. The van der Waals surface area contributed by atoms with Crippen LogP contribution in [-0.2, 0) is 15.1 Å². The Balaban J connectivity index is 2.38. The Kier molecular flexibility index (Phi) is 3.21. The fourth-order valence-electron chi connectivity index (χ4n) is 1.77. The van der Waals surface area contributed by atoms with Gasteiger partial charge in [0, 0.05) is 22.3 Å². The van der Waals surface area contributed by atoms with Gasteiger partial charge in [-0.3, -0.25) is 4.79 Å². The van der Waals surface area contributed by atoms with Crippen molar-refractivity contribution in [2.75, 3.05) is 4.43 Å². The molecule has 1 aromatic rings. The molecule has 1 aliphatic rings. The van der Waals surface area contributed by atoms with Crippen LogP contribution in [0.15, 0.2) is 24.3 Å². The summed E-state index contributed by atoms with van der Waals surface area (Å²) in [6.45, 7) is 0. The van der Waals surface area contributed by atoms with Crippen molar-refractivity contribution in [1.82, 2.24) is 0 Å². The van der Waals surface area contributed by atoms with E-state index in [0.29, 0.717) is 11.4 Å². The fraction of sp³-hybridized carbons (Fsp3) is 0.364. The van der Waals surface area contributed by atoms with Crippen molar-refractivity contribution in [3.05, 3.63) is 34.9 Å². The Morgan fingerprint density at radius 2 is 2.33 bits per heavy atom. The zero-order valence-electron chi connectivity index (χ0n) is 8.00. The molecule has 15 heavy (non-hydrogen) atoms. The maximum atomic E-state index is 11.2. The van der Waals surface area contributed by atoms with E-state index in [1.165, 1.54) is 0 Å². The smallest absolute Gasteiger partial charge is 0.306 e. The van der Waals surface area contributed by atoms with Crippen LogP contribution in [0.4, 0.5) is 0 Å². The summed E-state index contributed by atoms with van der Waals surface area (Å²) in [5.41, 5.74) is 0.540. The topological polar surface area (TPSA) is 26.3 Å². The summed E-state index contributed by atoms with van der Waals surface area (Å²) < 4.78 is 6.19. The van der Waals surface area contributed by atoms with Gasteiger partial charge in [0.25, 0.3) is 0 Å². The summed E-state index contributed by atoms with van der Waals surface area (Å²) in [6.07, 6.45) is 1.24. The van der Waals surface area contributed by atoms with Gasteiger partial charge in [0.2, 0.25) is 0 Å². The van der Waals surface area contributed by atoms with Gasteiger partial charge in [-0.15, -0.1) is 0 Å². The zero-order chi connectivity index (χ0) is 10.9. The number of benzene rings is 1. The van der Waals surface area contributed by atoms with Crippen LogP contribution in [0.1, 0.15) is 18.4 Å². The average Bonchev–Trinajstić information content (AvgIpc) is 2.61. The zero-order valence-corrected chi connectivity index (χ0v) is 10.9. The van der Waals surface area contributed by atoms with E-state index in [0.717, 1.165) is 16.4 Å². The highest BCUT2D eigenvalue weighted by atomic mass is 127. The first-order valence-electron chi connectivity index (χ1n) is 4.70. The number of esters is 1. The molecule has 1 heterocycles. The number of hydrogen-bond donors (Lipinski definition) is 0. The van der Waals surface area contributed by atoms with Gasteiger partial charge in [-0.05, 0) is 17.7 Å². The Hall–Kier alpha value is -0.290. The van der Waals surface area contributed by atoms with E-state index in [4.69, 9.17) is 16.3 Å². The largest absolute Gasteiger partial charge is 0.453 e. The molecule has 0 aromatic heterocycles. The molecule has 4 heteroatoms. The van der Waals surface area contributed by atoms with E-state index >= 15 is 0 Å². The lowest BCUT2D eigenvalue weighted by atomic mass is 9.93. The molecule has 0 aliphatic carbocycles. The maximum Gasteiger partial charge on any atom is 0.306 e. The van der Waals surface area contributed by atoms with Crippen LogP contribution in [0, 0.1) is 0 Å². The lowest BCUT2D eigenvalue weighted by Crippen LogP contribution is -2.27. The molecule has 1 fully saturated rings. The fourth-order valence-corrected chi connectivity index (χ4v) is 2.94. The van der Waals surface area contributed by atoms with Crippen LogP contribution in [0.3, 0.4) is 0 Å². The molecule has 1 aromatic carbocycles. The van der Waals surface area contributed by atoms with E-state index in [9.17, 15) is 4.79 Å². The second-order valence-corrected chi connectivity index (χ2v) is 4.81. The molecule has 0 bridgehead atoms. The Bertz CT molecular complexity index is 394. The van der Waals surface area contributed by atoms with Crippen LogP contribution in [0.2, 0.25) is 5.02 Å². The summed E-state index contributed by atoms with van der Waals surface area (Å²) >= 11 is 8.18. The summed E-state index contributed by atoms with van der Waals surface area (Å²) in [6, 6.07) is 7.54. The average molecular weight is 337 g/mol. The van der Waals surface area contributed by atoms with Crippen molar-refractivity contribution in [3.8, 4) is 0 Å². The van der Waals surface area contributed by atoms with Crippen LogP contribution in [-0.4, -0.2) is 10.4 Å². The van der Waals surface area contributed by atoms with Gasteiger partial charge >= 0.3 is 5.97 Å². The second-order valence-electron chi connectivity index (χ2n) is 3.61. The number of halogens is 2. The van der Waals surface area contributed by atoms with Crippen molar-refractivity contribution in [3.63, 3.8) is 0 Å². The van der Waals surface area contributed by atoms with E-state index < -0.39 is 5.60 Å². The first-order chi connectivity index (χ1) is 7.16. The number of carbonyl (C=O) groups is 1. The molecule has 0 spiro atoms.